The lowest BCUT2D eigenvalue weighted by atomic mass is 10.1. The van der Waals surface area contributed by atoms with Crippen molar-refractivity contribution < 1.29 is 17.9 Å². The van der Waals surface area contributed by atoms with Crippen LogP contribution in [-0.2, 0) is 14.8 Å². The Labute approximate surface area is 183 Å². The normalized spacial score (nSPS) is 12.6. The Bertz CT molecular complexity index is 1140. The Kier molecular flexibility index (Phi) is 7.30. The van der Waals surface area contributed by atoms with Gasteiger partial charge >= 0.3 is 0 Å². The molecule has 0 spiro atoms. The van der Waals surface area contributed by atoms with E-state index >= 15 is 0 Å². The van der Waals surface area contributed by atoms with E-state index in [1.807, 2.05) is 49.4 Å². The molecule has 31 heavy (non-hydrogen) atoms. The second-order valence-electron chi connectivity index (χ2n) is 7.13. The maximum absolute atomic E-state index is 12.7. The number of carbonyl (C=O) groups excluding carboxylic acids is 1. The highest BCUT2D eigenvalue weighted by molar-refractivity contribution is 7.89. The summed E-state index contributed by atoms with van der Waals surface area (Å²) in [5.74, 6) is 0.344. The average molecular weight is 441 g/mol. The fourth-order valence-corrected chi connectivity index (χ4v) is 4.83. The number of carbonyl (C=O) groups is 1. The van der Waals surface area contributed by atoms with E-state index in [-0.39, 0.29) is 10.8 Å². The van der Waals surface area contributed by atoms with Gasteiger partial charge < -0.3 is 10.1 Å². The van der Waals surface area contributed by atoms with Crippen LogP contribution in [0, 0.1) is 0 Å². The Morgan fingerprint density at radius 3 is 2.19 bits per heavy atom. The smallest absolute Gasteiger partial charge is 0.265 e. The highest BCUT2D eigenvalue weighted by atomic mass is 32.2. The molecule has 3 aromatic rings. The highest BCUT2D eigenvalue weighted by Gasteiger charge is 2.22. The van der Waals surface area contributed by atoms with Gasteiger partial charge in [-0.05, 0) is 53.6 Å². The Morgan fingerprint density at radius 1 is 0.935 bits per heavy atom. The van der Waals surface area contributed by atoms with E-state index in [2.05, 4.69) is 5.32 Å². The molecule has 0 bridgehead atoms. The zero-order valence-corrected chi connectivity index (χ0v) is 18.9. The molecule has 0 radical (unpaired) electrons. The predicted molar refractivity (Wildman–Crippen MR) is 124 cm³/mol. The molecule has 1 atom stereocenters. The molecule has 164 valence electrons. The molecule has 0 aromatic heterocycles. The van der Waals surface area contributed by atoms with Crippen molar-refractivity contribution in [3.8, 4) is 5.75 Å². The third kappa shape index (κ3) is 5.24. The fourth-order valence-electron chi connectivity index (χ4n) is 3.37. The number of benzene rings is 3. The second-order valence-corrected chi connectivity index (χ2v) is 9.06. The van der Waals surface area contributed by atoms with Gasteiger partial charge in [-0.15, -0.1) is 0 Å². The molecule has 1 amide bonds. The fraction of sp³-hybridized carbons (Fsp3) is 0.292. The van der Waals surface area contributed by atoms with Gasteiger partial charge in [0.05, 0.1) is 4.90 Å². The van der Waals surface area contributed by atoms with E-state index in [1.54, 1.807) is 26.0 Å². The lowest BCUT2D eigenvalue weighted by Crippen LogP contribution is -2.32. The Balaban J connectivity index is 1.70. The van der Waals surface area contributed by atoms with Gasteiger partial charge in [-0.25, -0.2) is 8.42 Å². The third-order valence-corrected chi connectivity index (χ3v) is 7.19. The maximum atomic E-state index is 12.7. The molecule has 0 saturated heterocycles. The van der Waals surface area contributed by atoms with Crippen LogP contribution < -0.4 is 10.1 Å². The monoisotopic (exact) mass is 440 g/mol. The standard InChI is InChI=1S/C24H28N2O4S/c1-4-23(30-21-14-11-18-9-7-8-10-19(18)17-21)24(27)25-20-12-15-22(16-13-20)31(28,29)26(5-2)6-3/h7-17,23H,4-6H2,1-3H3,(H,25,27)/t23-/m1/s1. The molecule has 0 aliphatic carbocycles. The van der Waals surface area contributed by atoms with Crippen molar-refractivity contribution >= 4 is 32.4 Å². The molecule has 7 heteroatoms. The molecule has 1 N–H and O–H groups in total. The number of rotatable bonds is 9. The van der Waals surface area contributed by atoms with Gasteiger partial charge in [-0.1, -0.05) is 51.1 Å². The summed E-state index contributed by atoms with van der Waals surface area (Å²) in [4.78, 5) is 12.9. The number of nitrogens with zero attached hydrogens (tertiary/aromatic N) is 1. The number of hydrogen-bond donors (Lipinski definition) is 1. The summed E-state index contributed by atoms with van der Waals surface area (Å²) in [6.07, 6.45) is -0.173. The van der Waals surface area contributed by atoms with E-state index in [0.717, 1.165) is 10.8 Å². The van der Waals surface area contributed by atoms with Crippen molar-refractivity contribution in [3.05, 3.63) is 66.7 Å². The minimum atomic E-state index is -3.53. The van der Waals surface area contributed by atoms with Crippen LogP contribution in [0.15, 0.2) is 71.6 Å². The van der Waals surface area contributed by atoms with Crippen molar-refractivity contribution in [2.75, 3.05) is 18.4 Å². The van der Waals surface area contributed by atoms with Crippen LogP contribution in [0.3, 0.4) is 0 Å². The molecule has 3 rings (SSSR count). The quantitative estimate of drug-likeness (QED) is 0.525. The summed E-state index contributed by atoms with van der Waals surface area (Å²) in [5.41, 5.74) is 0.518. The minimum Gasteiger partial charge on any atom is -0.481 e. The van der Waals surface area contributed by atoms with E-state index < -0.39 is 16.1 Å². The number of amides is 1. The lowest BCUT2D eigenvalue weighted by Gasteiger charge is -2.19. The van der Waals surface area contributed by atoms with E-state index in [4.69, 9.17) is 4.74 Å². The molecule has 0 heterocycles. The van der Waals surface area contributed by atoms with Gasteiger partial charge in [-0.3, -0.25) is 4.79 Å². The zero-order chi connectivity index (χ0) is 22.4. The van der Waals surface area contributed by atoms with Crippen LogP contribution in [0.1, 0.15) is 27.2 Å². The van der Waals surface area contributed by atoms with Crippen LogP contribution in [0.4, 0.5) is 5.69 Å². The number of ether oxygens (including phenoxy) is 1. The molecule has 0 aliphatic rings. The van der Waals surface area contributed by atoms with Gasteiger partial charge in [0.2, 0.25) is 10.0 Å². The van der Waals surface area contributed by atoms with Gasteiger partial charge in [0, 0.05) is 18.8 Å². The largest absolute Gasteiger partial charge is 0.481 e. The third-order valence-electron chi connectivity index (χ3n) is 5.13. The first-order valence-electron chi connectivity index (χ1n) is 10.5. The van der Waals surface area contributed by atoms with Crippen molar-refractivity contribution in [2.45, 2.75) is 38.2 Å². The van der Waals surface area contributed by atoms with E-state index in [1.165, 1.54) is 16.4 Å². The molecule has 6 nitrogen and oxygen atoms in total. The molecule has 3 aromatic carbocycles. The number of fused-ring (bicyclic) bond motifs is 1. The Hall–Kier alpha value is -2.90. The summed E-state index contributed by atoms with van der Waals surface area (Å²) < 4.78 is 32.5. The Morgan fingerprint density at radius 2 is 1.58 bits per heavy atom. The number of anilines is 1. The first kappa shape index (κ1) is 22.8. The molecule has 0 fully saturated rings. The van der Waals surface area contributed by atoms with Gasteiger partial charge in [0.15, 0.2) is 6.10 Å². The van der Waals surface area contributed by atoms with Gasteiger partial charge in [0.25, 0.3) is 5.91 Å². The summed E-state index contributed by atoms with van der Waals surface area (Å²) in [5, 5.41) is 4.96. The SMILES string of the molecule is CC[C@@H](Oc1ccc2ccccc2c1)C(=O)Nc1ccc(S(=O)(=O)N(CC)CC)cc1. The van der Waals surface area contributed by atoms with Crippen molar-refractivity contribution in [1.82, 2.24) is 4.31 Å². The first-order valence-corrected chi connectivity index (χ1v) is 11.9. The van der Waals surface area contributed by atoms with Crippen LogP contribution in [-0.4, -0.2) is 37.8 Å². The van der Waals surface area contributed by atoms with Crippen molar-refractivity contribution in [2.24, 2.45) is 0 Å². The van der Waals surface area contributed by atoms with Crippen molar-refractivity contribution in [3.63, 3.8) is 0 Å². The summed E-state index contributed by atoms with van der Waals surface area (Å²) in [6, 6.07) is 19.9. The van der Waals surface area contributed by atoms with Crippen LogP contribution in [0.5, 0.6) is 5.75 Å². The molecule has 0 aliphatic heterocycles. The lowest BCUT2D eigenvalue weighted by molar-refractivity contribution is -0.122. The van der Waals surface area contributed by atoms with Crippen LogP contribution in [0.25, 0.3) is 10.8 Å². The molecule has 0 unspecified atom stereocenters. The van der Waals surface area contributed by atoms with E-state index in [0.29, 0.717) is 30.9 Å². The topological polar surface area (TPSA) is 75.7 Å². The predicted octanol–water partition coefficient (Wildman–Crippen LogP) is 4.67. The minimum absolute atomic E-state index is 0.202. The molecular weight excluding hydrogens is 412 g/mol. The summed E-state index contributed by atoms with van der Waals surface area (Å²) >= 11 is 0. The van der Waals surface area contributed by atoms with Crippen molar-refractivity contribution in [1.29, 1.82) is 0 Å². The zero-order valence-electron chi connectivity index (χ0n) is 18.0. The molecular formula is C24H28N2O4S. The van der Waals surface area contributed by atoms with E-state index in [9.17, 15) is 13.2 Å². The number of sulfonamides is 1. The molecule has 0 saturated carbocycles. The maximum Gasteiger partial charge on any atom is 0.265 e. The van der Waals surface area contributed by atoms with Gasteiger partial charge in [0.1, 0.15) is 5.75 Å². The van der Waals surface area contributed by atoms with Crippen LogP contribution in [0.2, 0.25) is 0 Å². The second kappa shape index (κ2) is 9.94. The number of nitrogens with one attached hydrogen (secondary N) is 1. The first-order chi connectivity index (χ1) is 14.9. The average Bonchev–Trinajstić information content (AvgIpc) is 2.78. The summed E-state index contributed by atoms with van der Waals surface area (Å²) in [6.45, 7) is 6.29. The highest BCUT2D eigenvalue weighted by Crippen LogP contribution is 2.23. The number of hydrogen-bond acceptors (Lipinski definition) is 4. The van der Waals surface area contributed by atoms with Gasteiger partial charge in [-0.2, -0.15) is 4.31 Å². The van der Waals surface area contributed by atoms with Crippen LogP contribution >= 0.6 is 0 Å². The summed E-state index contributed by atoms with van der Waals surface area (Å²) in [7, 11) is -3.53.